The largest absolute Gasteiger partial charge is 0.444 e. The van der Waals surface area contributed by atoms with Crippen LogP contribution in [-0.2, 0) is 20.9 Å². The van der Waals surface area contributed by atoms with Crippen LogP contribution in [0.1, 0.15) is 51.3 Å². The number of nitrogens with one attached hydrogen (secondary N) is 2. The van der Waals surface area contributed by atoms with Crippen LogP contribution in [0.25, 0.3) is 0 Å². The van der Waals surface area contributed by atoms with Gasteiger partial charge < -0.3 is 20.3 Å². The van der Waals surface area contributed by atoms with Crippen molar-refractivity contribution in [2.24, 2.45) is 0 Å². The molecule has 2 aromatic rings. The molecule has 34 heavy (non-hydrogen) atoms. The molecule has 0 bridgehead atoms. The van der Waals surface area contributed by atoms with Crippen molar-refractivity contribution >= 4 is 30.5 Å². The minimum absolute atomic E-state index is 0.0609. The van der Waals surface area contributed by atoms with Gasteiger partial charge in [0.1, 0.15) is 17.7 Å². The molecule has 2 N–H and O–H groups in total. The smallest absolute Gasteiger partial charge is 0.408 e. The Bertz CT molecular complexity index is 932. The highest BCUT2D eigenvalue weighted by Gasteiger charge is 2.35. The number of rotatable bonds is 10. The molecule has 0 aliphatic rings. The molecule has 2 rings (SSSR count). The maximum Gasteiger partial charge on any atom is 0.408 e. The van der Waals surface area contributed by atoms with E-state index in [1.54, 1.807) is 20.8 Å². The first-order chi connectivity index (χ1) is 16.2. The third kappa shape index (κ3) is 8.41. The number of hydrogen-bond acceptors (Lipinski definition) is 5. The Kier molecular flexibility index (Phi) is 10.4. The first-order valence-electron chi connectivity index (χ1n) is 11.4. The molecule has 0 heterocycles. The molecule has 0 radical (unpaired) electrons. The van der Waals surface area contributed by atoms with Crippen molar-refractivity contribution in [3.63, 3.8) is 0 Å². The summed E-state index contributed by atoms with van der Waals surface area (Å²) in [6, 6.07) is 16.9. The summed E-state index contributed by atoms with van der Waals surface area (Å²) in [4.78, 5) is 40.8. The third-order valence-corrected chi connectivity index (χ3v) is 5.27. The number of carbonyl (C=O) groups is 3. The summed E-state index contributed by atoms with van der Waals surface area (Å²) < 4.78 is 5.31. The molecule has 0 spiro atoms. The van der Waals surface area contributed by atoms with Crippen molar-refractivity contribution in [3.05, 3.63) is 71.8 Å². The average Bonchev–Trinajstić information content (AvgIpc) is 2.80. The number of amides is 3. The molecule has 0 aromatic heterocycles. The van der Waals surface area contributed by atoms with Crippen LogP contribution in [0, 0.1) is 0 Å². The summed E-state index contributed by atoms with van der Waals surface area (Å²) in [7, 11) is 0. The van der Waals surface area contributed by atoms with Gasteiger partial charge in [-0.05, 0) is 38.3 Å². The van der Waals surface area contributed by atoms with Gasteiger partial charge in [0.05, 0.1) is 0 Å². The van der Waals surface area contributed by atoms with Gasteiger partial charge in [-0.25, -0.2) is 4.79 Å². The highest BCUT2D eigenvalue weighted by molar-refractivity contribution is 7.80. The van der Waals surface area contributed by atoms with Gasteiger partial charge in [-0.3, -0.25) is 9.59 Å². The highest BCUT2D eigenvalue weighted by atomic mass is 32.1. The summed E-state index contributed by atoms with van der Waals surface area (Å²) in [5.74, 6) is -0.635. The predicted molar refractivity (Wildman–Crippen MR) is 136 cm³/mol. The quantitative estimate of drug-likeness (QED) is 0.442. The molecule has 2 aromatic carbocycles. The van der Waals surface area contributed by atoms with Crippen LogP contribution >= 0.6 is 12.6 Å². The topological polar surface area (TPSA) is 87.7 Å². The van der Waals surface area contributed by atoms with E-state index in [0.717, 1.165) is 5.56 Å². The summed E-state index contributed by atoms with van der Waals surface area (Å²) >= 11 is 4.28. The van der Waals surface area contributed by atoms with Crippen LogP contribution in [-0.4, -0.2) is 46.7 Å². The van der Waals surface area contributed by atoms with E-state index < -0.39 is 29.7 Å². The number of carbonyl (C=O) groups excluding carboxylic acids is 3. The Hall–Kier alpha value is -3.00. The Balaban J connectivity index is 2.30. The lowest BCUT2D eigenvalue weighted by Gasteiger charge is -2.34. The van der Waals surface area contributed by atoms with E-state index in [0.29, 0.717) is 25.1 Å². The maximum atomic E-state index is 13.6. The minimum atomic E-state index is -0.946. The first-order valence-corrected chi connectivity index (χ1v) is 12.1. The lowest BCUT2D eigenvalue weighted by molar-refractivity contribution is -0.142. The standard InChI is InChI=1S/C26H35N3O4S/c1-5-16-29(24(31)21(18-34)28-25(32)33-26(2,3)4)22(20-14-10-7-11-15-20)23(30)27-17-19-12-8-6-9-13-19/h6-15,21-22,34H,5,16-18H2,1-4H3,(H,27,30)(H,28,32). The van der Waals surface area contributed by atoms with Crippen LogP contribution in [0.2, 0.25) is 0 Å². The molecule has 0 aliphatic heterocycles. The molecule has 0 saturated heterocycles. The molecule has 0 aliphatic carbocycles. The third-order valence-electron chi connectivity index (χ3n) is 4.90. The van der Waals surface area contributed by atoms with Crippen LogP contribution < -0.4 is 10.6 Å². The van der Waals surface area contributed by atoms with Gasteiger partial charge in [0.25, 0.3) is 0 Å². The van der Waals surface area contributed by atoms with Gasteiger partial charge in [-0.15, -0.1) is 0 Å². The number of nitrogens with zero attached hydrogens (tertiary/aromatic N) is 1. The molecule has 0 fully saturated rings. The molecule has 0 saturated carbocycles. The van der Waals surface area contributed by atoms with Gasteiger partial charge >= 0.3 is 6.09 Å². The van der Waals surface area contributed by atoms with Gasteiger partial charge in [0.2, 0.25) is 11.8 Å². The highest BCUT2D eigenvalue weighted by Crippen LogP contribution is 2.23. The average molecular weight is 486 g/mol. The van der Waals surface area contributed by atoms with Crippen molar-refractivity contribution in [2.45, 2.75) is 58.3 Å². The zero-order chi connectivity index (χ0) is 25.1. The normalized spacial score (nSPS) is 12.9. The second-order valence-corrected chi connectivity index (χ2v) is 9.29. The predicted octanol–water partition coefficient (Wildman–Crippen LogP) is 4.11. The molecule has 3 amide bonds. The summed E-state index contributed by atoms with van der Waals surface area (Å²) in [5.41, 5.74) is 0.933. The summed E-state index contributed by atoms with van der Waals surface area (Å²) in [5, 5.41) is 5.56. The molecule has 2 atom stereocenters. The van der Waals surface area contributed by atoms with Gasteiger partial charge in [0, 0.05) is 18.8 Å². The first kappa shape index (κ1) is 27.2. The monoisotopic (exact) mass is 485 g/mol. The fourth-order valence-electron chi connectivity index (χ4n) is 3.43. The Morgan fingerprint density at radius 2 is 1.59 bits per heavy atom. The van der Waals surface area contributed by atoms with E-state index >= 15 is 0 Å². The SMILES string of the molecule is CCCN(C(=O)C(CS)NC(=O)OC(C)(C)C)C(C(=O)NCc1ccccc1)c1ccccc1. The lowest BCUT2D eigenvalue weighted by atomic mass is 10.0. The Morgan fingerprint density at radius 3 is 2.12 bits per heavy atom. The molecular weight excluding hydrogens is 450 g/mol. The van der Waals surface area contributed by atoms with E-state index in [1.165, 1.54) is 4.90 Å². The van der Waals surface area contributed by atoms with E-state index in [-0.39, 0.29) is 11.7 Å². The zero-order valence-electron chi connectivity index (χ0n) is 20.3. The van der Waals surface area contributed by atoms with Gasteiger partial charge in [-0.1, -0.05) is 67.6 Å². The van der Waals surface area contributed by atoms with Crippen LogP contribution in [0.3, 0.4) is 0 Å². The molecule has 2 unspecified atom stereocenters. The molecular formula is C26H35N3O4S. The molecule has 184 valence electrons. The van der Waals surface area contributed by atoms with Gasteiger partial charge in [-0.2, -0.15) is 12.6 Å². The van der Waals surface area contributed by atoms with Gasteiger partial charge in [0.15, 0.2) is 0 Å². The second kappa shape index (κ2) is 13.0. The number of hydrogen-bond donors (Lipinski definition) is 3. The van der Waals surface area contributed by atoms with Crippen molar-refractivity contribution in [1.82, 2.24) is 15.5 Å². The van der Waals surface area contributed by atoms with Crippen molar-refractivity contribution < 1.29 is 19.1 Å². The number of ether oxygens (including phenoxy) is 1. The van der Waals surface area contributed by atoms with Crippen molar-refractivity contribution in [1.29, 1.82) is 0 Å². The van der Waals surface area contributed by atoms with Crippen LogP contribution in [0.4, 0.5) is 4.79 Å². The fourth-order valence-corrected chi connectivity index (χ4v) is 3.68. The minimum Gasteiger partial charge on any atom is -0.444 e. The molecule has 8 heteroatoms. The number of benzene rings is 2. The van der Waals surface area contributed by atoms with E-state index in [2.05, 4.69) is 23.3 Å². The molecule has 7 nitrogen and oxygen atoms in total. The van der Waals surface area contributed by atoms with E-state index in [9.17, 15) is 14.4 Å². The fraction of sp³-hybridized carbons (Fsp3) is 0.423. The zero-order valence-corrected chi connectivity index (χ0v) is 21.2. The summed E-state index contributed by atoms with van der Waals surface area (Å²) in [6.07, 6.45) is -0.0756. The lowest BCUT2D eigenvalue weighted by Crippen LogP contribution is -2.54. The van der Waals surface area contributed by atoms with Crippen LogP contribution in [0.15, 0.2) is 60.7 Å². The van der Waals surface area contributed by atoms with E-state index in [1.807, 2.05) is 67.6 Å². The van der Waals surface area contributed by atoms with Crippen molar-refractivity contribution in [3.8, 4) is 0 Å². The maximum absolute atomic E-state index is 13.6. The van der Waals surface area contributed by atoms with E-state index in [4.69, 9.17) is 4.74 Å². The Morgan fingerprint density at radius 1 is 1.00 bits per heavy atom. The number of alkyl carbamates (subject to hydrolysis) is 1. The Labute approximate surface area is 207 Å². The summed E-state index contributed by atoms with van der Waals surface area (Å²) in [6.45, 7) is 7.84. The number of thiol groups is 1. The van der Waals surface area contributed by atoms with Crippen LogP contribution in [0.5, 0.6) is 0 Å². The van der Waals surface area contributed by atoms with Crippen molar-refractivity contribution in [2.75, 3.05) is 12.3 Å². The second-order valence-electron chi connectivity index (χ2n) is 8.93.